The third-order valence-electron chi connectivity index (χ3n) is 4.93. The molecule has 5 atom stereocenters. The molecule has 0 fully saturated rings. The van der Waals surface area contributed by atoms with Crippen LogP contribution in [0.3, 0.4) is 0 Å². The first kappa shape index (κ1) is 26.7. The van der Waals surface area contributed by atoms with Crippen molar-refractivity contribution in [1.82, 2.24) is 10.3 Å². The van der Waals surface area contributed by atoms with Gasteiger partial charge in [-0.25, -0.2) is 4.98 Å². The van der Waals surface area contributed by atoms with Crippen molar-refractivity contribution in [3.63, 3.8) is 0 Å². The molecule has 1 aromatic heterocycles. The SMILES string of the molecule is CCCC(NC(=O)C(C#N)C(SCC(O)C(O)CS)c1cccc(Br)n1)c1ccccc1. The van der Waals surface area contributed by atoms with Crippen molar-refractivity contribution >= 4 is 46.2 Å². The largest absolute Gasteiger partial charge is 0.390 e. The molecule has 1 heterocycles. The summed E-state index contributed by atoms with van der Waals surface area (Å²) in [5.41, 5.74) is 1.53. The summed E-state index contributed by atoms with van der Waals surface area (Å²) in [5, 5.41) is 32.4. The molecule has 0 bridgehead atoms. The van der Waals surface area contributed by atoms with E-state index in [1.807, 2.05) is 37.3 Å². The number of aliphatic hydroxyl groups excluding tert-OH is 2. The topological polar surface area (TPSA) is 106 Å². The van der Waals surface area contributed by atoms with E-state index in [9.17, 15) is 20.3 Å². The van der Waals surface area contributed by atoms with Crippen LogP contribution in [-0.2, 0) is 4.79 Å². The van der Waals surface area contributed by atoms with E-state index in [4.69, 9.17) is 0 Å². The average Bonchev–Trinajstić information content (AvgIpc) is 2.81. The summed E-state index contributed by atoms with van der Waals surface area (Å²) in [6.07, 6.45) is -0.417. The van der Waals surface area contributed by atoms with Crippen LogP contribution >= 0.6 is 40.3 Å². The van der Waals surface area contributed by atoms with Crippen LogP contribution in [0.5, 0.6) is 0 Å². The highest BCUT2D eigenvalue weighted by atomic mass is 79.9. The zero-order chi connectivity index (χ0) is 23.5. The highest BCUT2D eigenvalue weighted by Gasteiger charge is 2.33. The number of halogens is 1. The van der Waals surface area contributed by atoms with Crippen molar-refractivity contribution in [2.45, 2.75) is 43.3 Å². The predicted octanol–water partition coefficient (Wildman–Crippen LogP) is 4.07. The number of nitrogens with one attached hydrogen (secondary N) is 1. The number of benzene rings is 1. The normalized spacial score (nSPS) is 15.8. The van der Waals surface area contributed by atoms with Gasteiger partial charge in [0, 0.05) is 11.5 Å². The van der Waals surface area contributed by atoms with Crippen molar-refractivity contribution in [2.24, 2.45) is 5.92 Å². The fourth-order valence-corrected chi connectivity index (χ4v) is 5.10. The lowest BCUT2D eigenvalue weighted by Crippen LogP contribution is -2.36. The lowest BCUT2D eigenvalue weighted by Gasteiger charge is -2.26. The Morgan fingerprint density at radius 2 is 1.94 bits per heavy atom. The molecule has 0 spiro atoms. The van der Waals surface area contributed by atoms with Crippen LogP contribution < -0.4 is 5.32 Å². The minimum atomic E-state index is -1.04. The highest BCUT2D eigenvalue weighted by molar-refractivity contribution is 9.10. The van der Waals surface area contributed by atoms with Gasteiger partial charge in [-0.2, -0.15) is 17.9 Å². The fourth-order valence-electron chi connectivity index (χ4n) is 3.19. The van der Waals surface area contributed by atoms with Gasteiger partial charge >= 0.3 is 0 Å². The van der Waals surface area contributed by atoms with Gasteiger partial charge in [-0.1, -0.05) is 49.7 Å². The van der Waals surface area contributed by atoms with Crippen LogP contribution in [0, 0.1) is 17.2 Å². The first-order valence-electron chi connectivity index (χ1n) is 10.4. The summed E-state index contributed by atoms with van der Waals surface area (Å²) in [7, 11) is 0. The average molecular weight is 539 g/mol. The summed E-state index contributed by atoms with van der Waals surface area (Å²) in [5.74, 6) is -1.19. The molecule has 0 aliphatic heterocycles. The number of hydrogen-bond acceptors (Lipinski definition) is 7. The van der Waals surface area contributed by atoms with Gasteiger partial charge in [0.15, 0.2) is 0 Å². The maximum atomic E-state index is 13.3. The van der Waals surface area contributed by atoms with Crippen molar-refractivity contribution < 1.29 is 15.0 Å². The van der Waals surface area contributed by atoms with Gasteiger partial charge in [-0.15, -0.1) is 11.8 Å². The van der Waals surface area contributed by atoms with Crippen LogP contribution in [0.1, 0.15) is 42.3 Å². The molecule has 3 N–H and O–H groups in total. The Hall–Kier alpha value is -1.57. The van der Waals surface area contributed by atoms with E-state index in [0.717, 1.165) is 18.4 Å². The molecule has 0 saturated carbocycles. The number of hydrogen-bond donors (Lipinski definition) is 4. The minimum Gasteiger partial charge on any atom is -0.390 e. The van der Waals surface area contributed by atoms with Gasteiger partial charge in [0.25, 0.3) is 0 Å². The molecular formula is C23H28BrN3O3S2. The second-order valence-electron chi connectivity index (χ2n) is 7.32. The van der Waals surface area contributed by atoms with Crippen LogP contribution in [0.2, 0.25) is 0 Å². The second-order valence-corrected chi connectivity index (χ2v) is 9.68. The summed E-state index contributed by atoms with van der Waals surface area (Å²) < 4.78 is 0.585. The Bertz CT molecular complexity index is 898. The number of thiol groups is 1. The molecule has 5 unspecified atom stereocenters. The van der Waals surface area contributed by atoms with Gasteiger partial charge < -0.3 is 15.5 Å². The smallest absolute Gasteiger partial charge is 0.239 e. The number of pyridine rings is 1. The van der Waals surface area contributed by atoms with E-state index in [2.05, 4.69) is 44.9 Å². The van der Waals surface area contributed by atoms with E-state index in [0.29, 0.717) is 10.3 Å². The molecule has 0 aliphatic carbocycles. The predicted molar refractivity (Wildman–Crippen MR) is 134 cm³/mol. The first-order chi connectivity index (χ1) is 15.4. The Labute approximate surface area is 207 Å². The Kier molecular flexibility index (Phi) is 11.6. The Balaban J connectivity index is 2.28. The number of amides is 1. The van der Waals surface area contributed by atoms with Crippen LogP contribution in [0.4, 0.5) is 0 Å². The lowest BCUT2D eigenvalue weighted by molar-refractivity contribution is -0.124. The van der Waals surface area contributed by atoms with Gasteiger partial charge in [-0.05, 0) is 40.0 Å². The standard InChI is InChI=1S/C23H28BrN3O3S2/c1-2-7-17(15-8-4-3-5-9-15)27-23(30)16(12-25)22(18-10-6-11-21(24)26-18)32-14-20(29)19(28)13-31/h3-6,8-11,16-17,19-20,22,28-29,31H,2,7,13-14H2,1H3,(H,27,30). The van der Waals surface area contributed by atoms with Crippen molar-refractivity contribution in [1.29, 1.82) is 5.26 Å². The third-order valence-corrected chi connectivity index (χ3v) is 7.15. The number of aromatic nitrogens is 1. The van der Waals surface area contributed by atoms with Crippen LogP contribution in [-0.4, -0.2) is 44.8 Å². The van der Waals surface area contributed by atoms with E-state index < -0.39 is 29.3 Å². The molecule has 1 aromatic carbocycles. The number of carbonyl (C=O) groups excluding carboxylic acids is 1. The number of carbonyl (C=O) groups is 1. The number of nitrogens with zero attached hydrogens (tertiary/aromatic N) is 2. The Morgan fingerprint density at radius 1 is 1.22 bits per heavy atom. The minimum absolute atomic E-state index is 0.111. The summed E-state index contributed by atoms with van der Waals surface area (Å²) in [4.78, 5) is 17.7. The molecule has 2 aromatic rings. The number of thioether (sulfide) groups is 1. The molecule has 6 nitrogen and oxygen atoms in total. The van der Waals surface area contributed by atoms with Crippen molar-refractivity contribution in [3.05, 3.63) is 64.4 Å². The van der Waals surface area contributed by atoms with E-state index in [1.54, 1.807) is 18.2 Å². The number of rotatable bonds is 12. The van der Waals surface area contributed by atoms with Gasteiger partial charge in [0.2, 0.25) is 5.91 Å². The molecule has 0 radical (unpaired) electrons. The highest BCUT2D eigenvalue weighted by Crippen LogP contribution is 2.37. The third kappa shape index (κ3) is 7.78. The van der Waals surface area contributed by atoms with E-state index in [1.165, 1.54) is 11.8 Å². The molecule has 9 heteroatoms. The van der Waals surface area contributed by atoms with Crippen LogP contribution in [0.15, 0.2) is 53.1 Å². The summed E-state index contributed by atoms with van der Waals surface area (Å²) >= 11 is 8.58. The maximum absolute atomic E-state index is 13.3. The molecule has 172 valence electrons. The van der Waals surface area contributed by atoms with E-state index >= 15 is 0 Å². The van der Waals surface area contributed by atoms with Crippen molar-refractivity contribution in [3.8, 4) is 6.07 Å². The molecule has 1 amide bonds. The molecular weight excluding hydrogens is 510 g/mol. The van der Waals surface area contributed by atoms with Crippen LogP contribution in [0.25, 0.3) is 0 Å². The van der Waals surface area contributed by atoms with Gasteiger partial charge in [-0.3, -0.25) is 4.79 Å². The molecule has 32 heavy (non-hydrogen) atoms. The quantitative estimate of drug-likeness (QED) is 0.240. The molecule has 0 aliphatic rings. The molecule has 2 rings (SSSR count). The number of nitriles is 1. The second kappa shape index (κ2) is 13.9. The number of aliphatic hydroxyl groups is 2. The van der Waals surface area contributed by atoms with Gasteiger partial charge in [0.1, 0.15) is 10.5 Å². The zero-order valence-corrected chi connectivity index (χ0v) is 21.1. The zero-order valence-electron chi connectivity index (χ0n) is 17.8. The lowest BCUT2D eigenvalue weighted by atomic mass is 9.98. The fraction of sp³-hybridized carbons (Fsp3) is 0.435. The van der Waals surface area contributed by atoms with Crippen molar-refractivity contribution in [2.75, 3.05) is 11.5 Å². The molecule has 0 saturated heterocycles. The van der Waals surface area contributed by atoms with E-state index in [-0.39, 0.29) is 17.5 Å². The summed E-state index contributed by atoms with van der Waals surface area (Å²) in [6.45, 7) is 2.04. The Morgan fingerprint density at radius 3 is 2.53 bits per heavy atom. The monoisotopic (exact) mass is 537 g/mol. The summed E-state index contributed by atoms with van der Waals surface area (Å²) in [6, 6.07) is 16.9. The maximum Gasteiger partial charge on any atom is 0.239 e. The first-order valence-corrected chi connectivity index (χ1v) is 12.8. The van der Waals surface area contributed by atoms with Gasteiger partial charge in [0.05, 0.1) is 35.3 Å².